The van der Waals surface area contributed by atoms with Crippen molar-refractivity contribution in [2.75, 3.05) is 6.54 Å². The molecule has 1 N–H and O–H groups in total. The van der Waals surface area contributed by atoms with Crippen LogP contribution in [0.4, 0.5) is 0 Å². The van der Waals surface area contributed by atoms with Gasteiger partial charge in [-0.2, -0.15) is 9.57 Å². The standard InChI is InChI=1S/C34H40N6O4S/c1-7-26-21-39(45(42,43)30-12-10-9-11-29(30)44-26)20-25-19-24(14-13-22(25)3)32(34(5,6)36-31(41)17-18-35)27-15-16-28-33(23(27)4)37-38-40(28)8-2/h9-16,19,26,32H,7-8,17,20-21H2,1-6H3,(H,36,41)/t26-,32?/m1/s1. The van der Waals surface area contributed by atoms with Gasteiger partial charge in [0.15, 0.2) is 0 Å². The molecule has 0 radical (unpaired) electrons. The molecule has 1 aliphatic heterocycles. The van der Waals surface area contributed by atoms with Crippen LogP contribution in [-0.2, 0) is 27.9 Å². The van der Waals surface area contributed by atoms with Crippen LogP contribution >= 0.6 is 0 Å². The number of sulfonamides is 1. The fraction of sp³-hybridized carbons (Fsp3) is 0.412. The van der Waals surface area contributed by atoms with Gasteiger partial charge in [-0.15, -0.1) is 5.10 Å². The van der Waals surface area contributed by atoms with Crippen LogP contribution in [0.2, 0.25) is 0 Å². The maximum absolute atomic E-state index is 13.9. The number of rotatable bonds is 9. The molecule has 1 amide bonds. The molecule has 0 fully saturated rings. The third kappa shape index (κ3) is 6.17. The molecule has 2 atom stereocenters. The molecule has 0 bridgehead atoms. The number of carbonyl (C=O) groups excluding carboxylic acids is 1. The molecule has 5 rings (SSSR count). The van der Waals surface area contributed by atoms with Crippen molar-refractivity contribution in [1.29, 1.82) is 5.26 Å². The number of aromatic nitrogens is 3. The number of hydrogen-bond donors (Lipinski definition) is 1. The van der Waals surface area contributed by atoms with Crippen molar-refractivity contribution in [2.24, 2.45) is 0 Å². The molecule has 10 nitrogen and oxygen atoms in total. The third-order valence-corrected chi connectivity index (χ3v) is 10.5. The minimum absolute atomic E-state index is 0.160. The first-order chi connectivity index (χ1) is 21.4. The Balaban J connectivity index is 1.62. The molecule has 236 valence electrons. The highest BCUT2D eigenvalue weighted by Crippen LogP contribution is 2.40. The van der Waals surface area contributed by atoms with Gasteiger partial charge in [-0.1, -0.05) is 48.5 Å². The lowest BCUT2D eigenvalue weighted by molar-refractivity contribution is -0.121. The summed E-state index contributed by atoms with van der Waals surface area (Å²) in [5.41, 5.74) is 5.48. The van der Waals surface area contributed by atoms with Gasteiger partial charge in [0, 0.05) is 24.5 Å². The van der Waals surface area contributed by atoms with Crippen LogP contribution in [0.3, 0.4) is 0 Å². The highest BCUT2D eigenvalue weighted by atomic mass is 32.2. The summed E-state index contributed by atoms with van der Waals surface area (Å²) in [4.78, 5) is 12.9. The average molecular weight is 629 g/mol. The van der Waals surface area contributed by atoms with Crippen LogP contribution in [0.1, 0.15) is 74.3 Å². The number of hydrogen-bond acceptors (Lipinski definition) is 7. The van der Waals surface area contributed by atoms with E-state index < -0.39 is 15.6 Å². The van der Waals surface area contributed by atoms with E-state index in [1.807, 2.05) is 76.6 Å². The second-order valence-electron chi connectivity index (χ2n) is 12.2. The van der Waals surface area contributed by atoms with Crippen molar-refractivity contribution < 1.29 is 17.9 Å². The van der Waals surface area contributed by atoms with E-state index >= 15 is 0 Å². The molecule has 0 saturated carbocycles. The molecule has 2 heterocycles. The minimum atomic E-state index is -3.84. The molecule has 0 aliphatic carbocycles. The highest BCUT2D eigenvalue weighted by Gasteiger charge is 2.37. The number of nitrogens with zero attached hydrogens (tertiary/aromatic N) is 5. The third-order valence-electron chi connectivity index (χ3n) is 8.69. The Morgan fingerprint density at radius 1 is 1.16 bits per heavy atom. The Hall–Kier alpha value is -4.27. The number of ether oxygens (including phenoxy) is 1. The summed E-state index contributed by atoms with van der Waals surface area (Å²) in [6.07, 6.45) is 0.107. The predicted octanol–water partition coefficient (Wildman–Crippen LogP) is 5.37. The number of nitriles is 1. The largest absolute Gasteiger partial charge is 0.488 e. The van der Waals surface area contributed by atoms with Crippen LogP contribution < -0.4 is 10.1 Å². The van der Waals surface area contributed by atoms with Gasteiger partial charge in [0.2, 0.25) is 15.9 Å². The van der Waals surface area contributed by atoms with E-state index in [0.717, 1.165) is 38.9 Å². The molecule has 1 unspecified atom stereocenters. The predicted molar refractivity (Wildman–Crippen MR) is 172 cm³/mol. The Bertz CT molecular complexity index is 1890. The van der Waals surface area contributed by atoms with Crippen LogP contribution in [0.15, 0.2) is 59.5 Å². The fourth-order valence-corrected chi connectivity index (χ4v) is 7.87. The van der Waals surface area contributed by atoms with Crippen molar-refractivity contribution in [3.05, 3.63) is 82.4 Å². The molecular formula is C34H40N6O4S. The lowest BCUT2D eigenvalue weighted by Crippen LogP contribution is -2.48. The minimum Gasteiger partial charge on any atom is -0.488 e. The van der Waals surface area contributed by atoms with Gasteiger partial charge in [0.25, 0.3) is 0 Å². The molecule has 4 aromatic rings. The van der Waals surface area contributed by atoms with Crippen LogP contribution in [0.5, 0.6) is 5.75 Å². The van der Waals surface area contributed by atoms with Crippen molar-refractivity contribution in [1.82, 2.24) is 24.6 Å². The summed E-state index contributed by atoms with van der Waals surface area (Å²) in [7, 11) is -3.84. The zero-order chi connectivity index (χ0) is 32.5. The van der Waals surface area contributed by atoms with Crippen molar-refractivity contribution in [2.45, 2.75) is 89.9 Å². The SMILES string of the molecule is CC[C@@H]1CN(Cc2cc(C(c3ccc4c(nnn4CC)c3C)C(C)(C)NC(=O)CC#N)ccc2C)S(=O)(=O)c2ccccc2O1. The summed E-state index contributed by atoms with van der Waals surface area (Å²) in [5.74, 6) is -0.350. The number of amides is 1. The quantitative estimate of drug-likeness (QED) is 0.264. The first-order valence-electron chi connectivity index (χ1n) is 15.3. The topological polar surface area (TPSA) is 130 Å². The molecule has 0 spiro atoms. The van der Waals surface area contributed by atoms with Crippen molar-refractivity contribution in [3.8, 4) is 11.8 Å². The molecule has 0 saturated heterocycles. The molecule has 3 aromatic carbocycles. The Labute approximate surface area is 265 Å². The molecule has 1 aromatic heterocycles. The zero-order valence-electron chi connectivity index (χ0n) is 26.7. The molecular weight excluding hydrogens is 588 g/mol. The maximum Gasteiger partial charge on any atom is 0.247 e. The average Bonchev–Trinajstić information content (AvgIpc) is 3.38. The van der Waals surface area contributed by atoms with E-state index in [1.54, 1.807) is 24.3 Å². The van der Waals surface area contributed by atoms with Gasteiger partial charge in [0.05, 0.1) is 18.1 Å². The summed E-state index contributed by atoms with van der Waals surface area (Å²) >= 11 is 0. The normalized spacial score (nSPS) is 17.1. The first kappa shape index (κ1) is 32.1. The van der Waals surface area contributed by atoms with E-state index in [0.29, 0.717) is 18.7 Å². The molecule has 45 heavy (non-hydrogen) atoms. The van der Waals surface area contributed by atoms with E-state index in [9.17, 15) is 18.5 Å². The number of fused-ring (bicyclic) bond motifs is 2. The smallest absolute Gasteiger partial charge is 0.247 e. The summed E-state index contributed by atoms with van der Waals surface area (Å²) < 4.78 is 37.3. The van der Waals surface area contributed by atoms with Gasteiger partial charge >= 0.3 is 0 Å². The first-order valence-corrected chi connectivity index (χ1v) is 16.7. The Morgan fingerprint density at radius 2 is 1.91 bits per heavy atom. The number of carbonyl (C=O) groups is 1. The van der Waals surface area contributed by atoms with Crippen LogP contribution in [-0.4, -0.2) is 51.8 Å². The monoisotopic (exact) mass is 628 g/mol. The van der Waals surface area contributed by atoms with Crippen molar-refractivity contribution >= 4 is 27.0 Å². The summed E-state index contributed by atoms with van der Waals surface area (Å²) in [5, 5.41) is 21.0. The summed E-state index contributed by atoms with van der Waals surface area (Å²) in [6.45, 7) is 12.9. The molecule has 11 heteroatoms. The van der Waals surface area contributed by atoms with Crippen LogP contribution in [0.25, 0.3) is 11.0 Å². The van der Waals surface area contributed by atoms with Crippen LogP contribution in [0, 0.1) is 25.2 Å². The number of benzene rings is 3. The Morgan fingerprint density at radius 3 is 2.62 bits per heavy atom. The number of nitrogens with one attached hydrogen (secondary N) is 1. The van der Waals surface area contributed by atoms with Crippen molar-refractivity contribution in [3.63, 3.8) is 0 Å². The van der Waals surface area contributed by atoms with E-state index in [2.05, 4.69) is 21.7 Å². The Kier molecular flexibility index (Phi) is 9.01. The van der Waals surface area contributed by atoms with Gasteiger partial charge in [0.1, 0.15) is 28.7 Å². The second kappa shape index (κ2) is 12.6. The second-order valence-corrected chi connectivity index (χ2v) is 14.1. The van der Waals surface area contributed by atoms with E-state index in [1.165, 1.54) is 4.31 Å². The van der Waals surface area contributed by atoms with E-state index in [4.69, 9.17) is 4.74 Å². The lowest BCUT2D eigenvalue weighted by Gasteiger charge is -2.37. The van der Waals surface area contributed by atoms with Gasteiger partial charge in [-0.05, 0) is 87.1 Å². The number of para-hydroxylation sites is 1. The van der Waals surface area contributed by atoms with Gasteiger partial charge in [-0.25, -0.2) is 13.1 Å². The van der Waals surface area contributed by atoms with E-state index in [-0.39, 0.29) is 42.3 Å². The van der Waals surface area contributed by atoms with Gasteiger partial charge in [-0.3, -0.25) is 4.79 Å². The molecule has 1 aliphatic rings. The summed E-state index contributed by atoms with van der Waals surface area (Å²) in [6, 6.07) is 18.8. The fourth-order valence-electron chi connectivity index (χ4n) is 6.30. The highest BCUT2D eigenvalue weighted by molar-refractivity contribution is 7.89. The number of aryl methyl sites for hydroxylation is 3. The zero-order valence-corrected chi connectivity index (χ0v) is 27.5. The lowest BCUT2D eigenvalue weighted by atomic mass is 9.74. The maximum atomic E-state index is 13.9. The van der Waals surface area contributed by atoms with Gasteiger partial charge < -0.3 is 10.1 Å².